The highest BCUT2D eigenvalue weighted by Crippen LogP contribution is 2.27. The predicted molar refractivity (Wildman–Crippen MR) is 104 cm³/mol. The van der Waals surface area contributed by atoms with Crippen LogP contribution in [0.15, 0.2) is 46.0 Å². The largest absolute Gasteiger partial charge is 0.493 e. The lowest BCUT2D eigenvalue weighted by Crippen LogP contribution is -2.40. The van der Waals surface area contributed by atoms with E-state index in [4.69, 9.17) is 13.9 Å². The molecule has 0 radical (unpaired) electrons. The maximum absolute atomic E-state index is 5.36. The Balaban J connectivity index is 1.98. The van der Waals surface area contributed by atoms with E-state index in [2.05, 4.69) is 29.5 Å². The molecule has 1 aromatic carbocycles. The standard InChI is InChI=1S/C20H29N3O3/c1-15(2)13-22-20(21-10-9-17-6-5-11-26-17)23-14-16-7-8-18(24-3)19(12-16)25-4/h5-8,11-12,15H,9-10,13-14H2,1-4H3,(H2,21,22,23). The molecule has 2 aromatic rings. The molecule has 0 saturated heterocycles. The number of hydrogen-bond acceptors (Lipinski definition) is 4. The summed E-state index contributed by atoms with van der Waals surface area (Å²) in [6.07, 6.45) is 2.50. The van der Waals surface area contributed by atoms with Crippen molar-refractivity contribution in [1.82, 2.24) is 10.6 Å². The summed E-state index contributed by atoms with van der Waals surface area (Å²) in [5.74, 6) is 3.71. The zero-order valence-electron chi connectivity index (χ0n) is 16.0. The molecule has 26 heavy (non-hydrogen) atoms. The molecular formula is C20H29N3O3. The van der Waals surface area contributed by atoms with E-state index in [0.29, 0.717) is 18.2 Å². The van der Waals surface area contributed by atoms with Crippen LogP contribution in [-0.4, -0.2) is 33.3 Å². The van der Waals surface area contributed by atoms with Crippen molar-refractivity contribution in [3.05, 3.63) is 47.9 Å². The van der Waals surface area contributed by atoms with Crippen LogP contribution < -0.4 is 20.1 Å². The monoisotopic (exact) mass is 359 g/mol. The average Bonchev–Trinajstić information content (AvgIpc) is 3.16. The van der Waals surface area contributed by atoms with Crippen molar-refractivity contribution in [2.24, 2.45) is 10.9 Å². The fourth-order valence-electron chi connectivity index (χ4n) is 2.38. The van der Waals surface area contributed by atoms with Gasteiger partial charge in [0.1, 0.15) is 5.76 Å². The fourth-order valence-corrected chi connectivity index (χ4v) is 2.38. The van der Waals surface area contributed by atoms with Crippen molar-refractivity contribution < 1.29 is 13.9 Å². The molecule has 0 unspecified atom stereocenters. The summed E-state index contributed by atoms with van der Waals surface area (Å²) < 4.78 is 16.0. The molecule has 0 fully saturated rings. The quantitative estimate of drug-likeness (QED) is 0.531. The van der Waals surface area contributed by atoms with Crippen LogP contribution in [0.2, 0.25) is 0 Å². The maximum Gasteiger partial charge on any atom is 0.191 e. The smallest absolute Gasteiger partial charge is 0.191 e. The summed E-state index contributed by atoms with van der Waals surface area (Å²) in [4.78, 5) is 4.68. The van der Waals surface area contributed by atoms with Crippen LogP contribution in [0.1, 0.15) is 25.2 Å². The molecule has 142 valence electrons. The third-order valence-electron chi connectivity index (χ3n) is 3.79. The van der Waals surface area contributed by atoms with Crippen LogP contribution >= 0.6 is 0 Å². The molecule has 6 nitrogen and oxygen atoms in total. The second kappa shape index (κ2) is 10.4. The van der Waals surface area contributed by atoms with Crippen LogP contribution in [0.25, 0.3) is 0 Å². The Hall–Kier alpha value is -2.63. The normalized spacial score (nSPS) is 11.5. The highest BCUT2D eigenvalue weighted by molar-refractivity contribution is 5.79. The lowest BCUT2D eigenvalue weighted by molar-refractivity contribution is 0.354. The number of nitrogens with one attached hydrogen (secondary N) is 2. The third kappa shape index (κ3) is 6.35. The summed E-state index contributed by atoms with van der Waals surface area (Å²) in [7, 11) is 3.27. The van der Waals surface area contributed by atoms with Gasteiger partial charge in [0.2, 0.25) is 0 Å². The lowest BCUT2D eigenvalue weighted by atomic mass is 10.2. The Labute approximate surface area is 155 Å². The van der Waals surface area contributed by atoms with Crippen molar-refractivity contribution in [3.8, 4) is 11.5 Å². The minimum Gasteiger partial charge on any atom is -0.493 e. The van der Waals surface area contributed by atoms with Gasteiger partial charge >= 0.3 is 0 Å². The number of ether oxygens (including phenoxy) is 2. The van der Waals surface area contributed by atoms with E-state index in [-0.39, 0.29) is 0 Å². The SMILES string of the molecule is COc1ccc(CN=C(NCCc2ccco2)NCC(C)C)cc1OC. The summed E-state index contributed by atoms with van der Waals surface area (Å²) in [6, 6.07) is 9.72. The minimum absolute atomic E-state index is 0.535. The summed E-state index contributed by atoms with van der Waals surface area (Å²) >= 11 is 0. The van der Waals surface area contributed by atoms with Crippen LogP contribution in [0.4, 0.5) is 0 Å². The molecule has 0 aliphatic rings. The van der Waals surface area contributed by atoms with E-state index in [9.17, 15) is 0 Å². The molecule has 0 bridgehead atoms. The summed E-state index contributed by atoms with van der Waals surface area (Å²) in [5, 5.41) is 6.73. The van der Waals surface area contributed by atoms with Gasteiger partial charge in [0.15, 0.2) is 17.5 Å². The molecular weight excluding hydrogens is 330 g/mol. The van der Waals surface area contributed by atoms with E-state index in [1.54, 1.807) is 20.5 Å². The van der Waals surface area contributed by atoms with Crippen LogP contribution in [0, 0.1) is 5.92 Å². The molecule has 2 rings (SSSR count). The molecule has 0 saturated carbocycles. The van der Waals surface area contributed by atoms with E-state index in [1.807, 2.05) is 30.3 Å². The van der Waals surface area contributed by atoms with Crippen molar-refractivity contribution >= 4 is 5.96 Å². The Kier molecular flexibility index (Phi) is 7.86. The Morgan fingerprint density at radius 1 is 1.12 bits per heavy atom. The first-order valence-corrected chi connectivity index (χ1v) is 8.87. The van der Waals surface area contributed by atoms with Crippen molar-refractivity contribution in [1.29, 1.82) is 0 Å². The average molecular weight is 359 g/mol. The second-order valence-corrected chi connectivity index (χ2v) is 6.39. The van der Waals surface area contributed by atoms with Gasteiger partial charge in [0.05, 0.1) is 27.0 Å². The van der Waals surface area contributed by atoms with Crippen molar-refractivity contribution in [2.45, 2.75) is 26.8 Å². The highest BCUT2D eigenvalue weighted by atomic mass is 16.5. The molecule has 1 heterocycles. The zero-order chi connectivity index (χ0) is 18.8. The molecule has 0 atom stereocenters. The number of hydrogen-bond donors (Lipinski definition) is 2. The van der Waals surface area contributed by atoms with E-state index < -0.39 is 0 Å². The van der Waals surface area contributed by atoms with Gasteiger partial charge in [-0.05, 0) is 35.7 Å². The maximum atomic E-state index is 5.36. The number of methoxy groups -OCH3 is 2. The van der Waals surface area contributed by atoms with Gasteiger partial charge < -0.3 is 24.5 Å². The molecule has 1 aromatic heterocycles. The van der Waals surface area contributed by atoms with Crippen LogP contribution in [0.3, 0.4) is 0 Å². The number of guanidine groups is 1. The summed E-state index contributed by atoms with van der Waals surface area (Å²) in [5.41, 5.74) is 1.05. The van der Waals surface area contributed by atoms with Gasteiger partial charge in [-0.25, -0.2) is 4.99 Å². The van der Waals surface area contributed by atoms with Crippen LogP contribution in [-0.2, 0) is 13.0 Å². The van der Waals surface area contributed by atoms with Gasteiger partial charge in [-0.3, -0.25) is 0 Å². The topological polar surface area (TPSA) is 68.0 Å². The van der Waals surface area contributed by atoms with Gasteiger partial charge in [-0.2, -0.15) is 0 Å². The number of furan rings is 1. The van der Waals surface area contributed by atoms with Crippen molar-refractivity contribution in [2.75, 3.05) is 27.3 Å². The number of rotatable bonds is 9. The first-order valence-electron chi connectivity index (χ1n) is 8.87. The number of nitrogens with zero attached hydrogens (tertiary/aromatic N) is 1. The molecule has 0 spiro atoms. The second-order valence-electron chi connectivity index (χ2n) is 6.39. The van der Waals surface area contributed by atoms with Gasteiger partial charge in [-0.1, -0.05) is 19.9 Å². The molecule has 2 N–H and O–H groups in total. The highest BCUT2D eigenvalue weighted by Gasteiger charge is 2.06. The Morgan fingerprint density at radius 3 is 2.58 bits per heavy atom. The van der Waals surface area contributed by atoms with E-state index >= 15 is 0 Å². The van der Waals surface area contributed by atoms with E-state index in [1.165, 1.54) is 0 Å². The number of aliphatic imine (C=N–C) groups is 1. The van der Waals surface area contributed by atoms with Gasteiger partial charge in [0.25, 0.3) is 0 Å². The van der Waals surface area contributed by atoms with Gasteiger partial charge in [-0.15, -0.1) is 0 Å². The minimum atomic E-state index is 0.535. The molecule has 0 amide bonds. The third-order valence-corrected chi connectivity index (χ3v) is 3.79. The molecule has 6 heteroatoms. The Bertz CT molecular complexity index is 682. The van der Waals surface area contributed by atoms with Gasteiger partial charge in [0, 0.05) is 19.5 Å². The van der Waals surface area contributed by atoms with Crippen LogP contribution in [0.5, 0.6) is 11.5 Å². The summed E-state index contributed by atoms with van der Waals surface area (Å²) in [6.45, 7) is 6.50. The van der Waals surface area contributed by atoms with Crippen molar-refractivity contribution in [3.63, 3.8) is 0 Å². The zero-order valence-corrected chi connectivity index (χ0v) is 16.0. The lowest BCUT2D eigenvalue weighted by Gasteiger charge is -2.14. The van der Waals surface area contributed by atoms with E-state index in [0.717, 1.165) is 42.5 Å². The first-order chi connectivity index (χ1) is 12.6. The molecule has 0 aliphatic carbocycles. The number of benzene rings is 1. The fraction of sp³-hybridized carbons (Fsp3) is 0.450. The molecule has 0 aliphatic heterocycles. The predicted octanol–water partition coefficient (Wildman–Crippen LogP) is 3.23. The Morgan fingerprint density at radius 2 is 1.92 bits per heavy atom. The first kappa shape index (κ1) is 19.7.